The number of aromatic nitrogens is 1. The summed E-state index contributed by atoms with van der Waals surface area (Å²) in [5.74, 6) is 0. The maximum absolute atomic E-state index is 2.75. The molecule has 0 atom stereocenters. The molecule has 2 nitrogen and oxygen atoms in total. The second kappa shape index (κ2) is 18.2. The van der Waals surface area contributed by atoms with Gasteiger partial charge in [-0.25, -0.2) is 0 Å². The minimum absolute atomic E-state index is 1.08. The summed E-state index contributed by atoms with van der Waals surface area (Å²) in [6.07, 6.45) is 0. The number of anilines is 3. The highest BCUT2D eigenvalue weighted by molar-refractivity contribution is 7.26. The molecule has 2 aromatic heterocycles. The van der Waals surface area contributed by atoms with Crippen LogP contribution in [0.15, 0.2) is 291 Å². The Bertz CT molecular complexity index is 4250. The van der Waals surface area contributed by atoms with Gasteiger partial charge in [0.1, 0.15) is 0 Å². The van der Waals surface area contributed by atoms with Gasteiger partial charge < -0.3 is 9.47 Å². The zero-order chi connectivity index (χ0) is 49.0. The summed E-state index contributed by atoms with van der Waals surface area (Å²) >= 11 is 1.88. The van der Waals surface area contributed by atoms with E-state index in [1.807, 2.05) is 11.3 Å². The number of fused-ring (bicyclic) bond motifs is 7. The molecule has 0 aliphatic carbocycles. The lowest BCUT2D eigenvalue weighted by atomic mass is 9.97. The minimum atomic E-state index is -2.75. The molecule has 0 saturated heterocycles. The minimum Gasteiger partial charge on any atom is -0.310 e. The Hall–Kier alpha value is -9.06. The van der Waals surface area contributed by atoms with E-state index < -0.39 is 8.07 Å². The van der Waals surface area contributed by atoms with Crippen molar-refractivity contribution in [1.82, 2.24) is 4.57 Å². The van der Waals surface area contributed by atoms with Crippen LogP contribution < -0.4 is 25.6 Å². The average Bonchev–Trinajstić information content (AvgIpc) is 4.04. The molecule has 0 N–H and O–H groups in total. The topological polar surface area (TPSA) is 8.17 Å². The average molecular weight is 977 g/mol. The summed E-state index contributed by atoms with van der Waals surface area (Å²) in [6.45, 7) is 0. The van der Waals surface area contributed by atoms with Crippen molar-refractivity contribution in [1.29, 1.82) is 0 Å². The van der Waals surface area contributed by atoms with E-state index in [2.05, 4.69) is 301 Å². The van der Waals surface area contributed by atoms with Crippen LogP contribution in [0.25, 0.3) is 80.7 Å². The lowest BCUT2D eigenvalue weighted by molar-refractivity contribution is 1.20. The van der Waals surface area contributed by atoms with Crippen molar-refractivity contribution in [3.63, 3.8) is 0 Å². The molecule has 0 amide bonds. The molecular formula is C70H48N2SSi. The molecule has 14 aromatic rings. The van der Waals surface area contributed by atoms with Crippen LogP contribution in [0.2, 0.25) is 0 Å². The van der Waals surface area contributed by atoms with Gasteiger partial charge in [0.25, 0.3) is 0 Å². The second-order valence-electron chi connectivity index (χ2n) is 19.2. The first-order valence-electron chi connectivity index (χ1n) is 25.4. The fourth-order valence-corrected chi connectivity index (χ4v) is 17.8. The lowest BCUT2D eigenvalue weighted by Crippen LogP contribution is -2.74. The molecule has 0 fully saturated rings. The first kappa shape index (κ1) is 43.7. The first-order valence-corrected chi connectivity index (χ1v) is 28.2. The van der Waals surface area contributed by atoms with Crippen LogP contribution in [0.1, 0.15) is 0 Å². The normalized spacial score (nSPS) is 11.8. The van der Waals surface area contributed by atoms with E-state index in [9.17, 15) is 0 Å². The third-order valence-electron chi connectivity index (χ3n) is 15.1. The van der Waals surface area contributed by atoms with Gasteiger partial charge >= 0.3 is 0 Å². The standard InChI is InChI=1S/C70H48N2SSi/c1-4-24-55(25-5-1)74(56-26-6-2-7-27-56,57-28-8-3-9-29-57)58-46-44-53(45-47-58)71(52-42-40-50(41-43-52)60-33-17-21-49-20-10-11-30-59(49)60)54-23-16-22-51(48-54)61-34-18-37-66-69(61)64-32-12-14-36-65(64)72(66)67-38-19-35-63-62-31-13-15-39-68(62)73-70(63)67/h1-48H. The van der Waals surface area contributed by atoms with Gasteiger partial charge in [-0.1, -0.05) is 231 Å². The van der Waals surface area contributed by atoms with E-state index in [0.29, 0.717) is 0 Å². The Balaban J connectivity index is 0.945. The van der Waals surface area contributed by atoms with Crippen LogP contribution in [0.4, 0.5) is 17.1 Å². The van der Waals surface area contributed by atoms with Crippen LogP contribution in [-0.4, -0.2) is 12.6 Å². The van der Waals surface area contributed by atoms with Gasteiger partial charge in [-0.05, 0) is 114 Å². The van der Waals surface area contributed by atoms with Gasteiger partial charge in [-0.3, -0.25) is 0 Å². The SMILES string of the molecule is c1ccc([Si](c2ccccc2)(c2ccccc2)c2ccc(N(c3ccc(-c4cccc5ccccc45)cc3)c3cccc(-c4cccc5c4c4ccccc4n5-c4cccc5c4sc4ccccc45)c3)cc2)cc1. The van der Waals surface area contributed by atoms with Gasteiger partial charge in [0.05, 0.1) is 21.4 Å². The van der Waals surface area contributed by atoms with Crippen molar-refractivity contribution in [3.05, 3.63) is 291 Å². The highest BCUT2D eigenvalue weighted by Crippen LogP contribution is 2.45. The Morgan fingerprint density at radius 2 is 0.838 bits per heavy atom. The number of nitrogens with zero attached hydrogens (tertiary/aromatic N) is 2. The lowest BCUT2D eigenvalue weighted by Gasteiger charge is -2.35. The van der Waals surface area contributed by atoms with Gasteiger partial charge in [0, 0.05) is 43.3 Å². The first-order chi connectivity index (χ1) is 36.7. The monoisotopic (exact) mass is 976 g/mol. The van der Waals surface area contributed by atoms with Gasteiger partial charge in [0.15, 0.2) is 8.07 Å². The third kappa shape index (κ3) is 7.14. The summed E-state index contributed by atoms with van der Waals surface area (Å²) in [7, 11) is -2.75. The Labute approximate surface area is 435 Å². The van der Waals surface area contributed by atoms with E-state index >= 15 is 0 Å². The fraction of sp³-hybridized carbons (Fsp3) is 0. The molecular weight excluding hydrogens is 929 g/mol. The van der Waals surface area contributed by atoms with Crippen molar-refractivity contribution in [2.75, 3.05) is 4.90 Å². The second-order valence-corrected chi connectivity index (χ2v) is 24.0. The molecule has 0 radical (unpaired) electrons. The zero-order valence-corrected chi connectivity index (χ0v) is 42.3. The molecule has 74 heavy (non-hydrogen) atoms. The highest BCUT2D eigenvalue weighted by atomic mass is 32.1. The summed E-state index contributed by atoms with van der Waals surface area (Å²) in [4.78, 5) is 2.43. The molecule has 0 unspecified atom stereocenters. The van der Waals surface area contributed by atoms with Crippen LogP contribution in [-0.2, 0) is 0 Å². The summed E-state index contributed by atoms with van der Waals surface area (Å²) in [6, 6.07) is 108. The number of benzene rings is 12. The van der Waals surface area contributed by atoms with Gasteiger partial charge in [-0.2, -0.15) is 0 Å². The molecule has 0 spiro atoms. The maximum atomic E-state index is 2.49. The van der Waals surface area contributed by atoms with E-state index in [0.717, 1.165) is 22.6 Å². The molecule has 0 aliphatic rings. The van der Waals surface area contributed by atoms with Crippen LogP contribution >= 0.6 is 11.3 Å². The maximum Gasteiger partial charge on any atom is 0.179 e. The number of hydrogen-bond acceptors (Lipinski definition) is 2. The van der Waals surface area contributed by atoms with Crippen molar-refractivity contribution < 1.29 is 0 Å². The highest BCUT2D eigenvalue weighted by Gasteiger charge is 2.41. The Kier molecular flexibility index (Phi) is 10.8. The predicted molar refractivity (Wildman–Crippen MR) is 320 cm³/mol. The van der Waals surface area contributed by atoms with E-state index in [1.165, 1.54) is 95.9 Å². The van der Waals surface area contributed by atoms with E-state index in [1.54, 1.807) is 0 Å². The van der Waals surface area contributed by atoms with Crippen molar-refractivity contribution in [2.24, 2.45) is 0 Å². The molecule has 0 aliphatic heterocycles. The molecule has 348 valence electrons. The van der Waals surface area contributed by atoms with Gasteiger partial charge in [-0.15, -0.1) is 11.3 Å². The number of rotatable bonds is 10. The number of hydrogen-bond donors (Lipinski definition) is 0. The molecule has 14 rings (SSSR count). The van der Waals surface area contributed by atoms with Crippen molar-refractivity contribution in [2.45, 2.75) is 0 Å². The van der Waals surface area contributed by atoms with E-state index in [4.69, 9.17) is 0 Å². The fourth-order valence-electron chi connectivity index (χ4n) is 11.9. The Morgan fingerprint density at radius 1 is 0.324 bits per heavy atom. The molecule has 0 bridgehead atoms. The summed E-state index contributed by atoms with van der Waals surface area (Å²) in [5.41, 5.74) is 11.6. The quantitative estimate of drug-likeness (QED) is 0.0979. The molecule has 4 heteroatoms. The molecule has 0 saturated carbocycles. The van der Waals surface area contributed by atoms with Crippen molar-refractivity contribution in [3.8, 4) is 27.9 Å². The third-order valence-corrected chi connectivity index (χ3v) is 21.1. The largest absolute Gasteiger partial charge is 0.310 e. The molecule has 2 heterocycles. The van der Waals surface area contributed by atoms with Crippen LogP contribution in [0.5, 0.6) is 0 Å². The zero-order valence-electron chi connectivity index (χ0n) is 40.5. The van der Waals surface area contributed by atoms with Crippen molar-refractivity contribution >= 4 is 110 Å². The summed E-state index contributed by atoms with van der Waals surface area (Å²) < 4.78 is 5.10. The predicted octanol–water partition coefficient (Wildman–Crippen LogP) is 16.5. The van der Waals surface area contributed by atoms with Crippen LogP contribution in [0.3, 0.4) is 0 Å². The molecule has 12 aromatic carbocycles. The Morgan fingerprint density at radius 3 is 1.55 bits per heavy atom. The number of thiophene rings is 1. The summed E-state index contributed by atoms with van der Waals surface area (Å²) in [5, 5.41) is 13.0. The van der Waals surface area contributed by atoms with Crippen LogP contribution in [0, 0.1) is 0 Å². The smallest absolute Gasteiger partial charge is 0.179 e. The van der Waals surface area contributed by atoms with E-state index in [-0.39, 0.29) is 0 Å². The number of para-hydroxylation sites is 1. The van der Waals surface area contributed by atoms with Gasteiger partial charge in [0.2, 0.25) is 0 Å².